The van der Waals surface area contributed by atoms with Crippen LogP contribution in [0, 0.1) is 5.92 Å². The van der Waals surface area contributed by atoms with E-state index in [9.17, 15) is 5.11 Å². The Morgan fingerprint density at radius 3 is 1.75 bits per heavy atom. The van der Waals surface area contributed by atoms with Crippen molar-refractivity contribution in [3.05, 3.63) is 71.8 Å². The minimum absolute atomic E-state index is 0.182. The Balaban J connectivity index is 1.84. The van der Waals surface area contributed by atoms with Gasteiger partial charge < -0.3 is 10.8 Å². The molecule has 128 valence electrons. The molecule has 1 fully saturated rings. The zero-order valence-electron chi connectivity index (χ0n) is 14.4. The number of benzene rings is 2. The largest absolute Gasteiger partial charge is 0.388 e. The fraction of sp³-hybridized carbons (Fsp3) is 0.455. The molecule has 2 aromatic rings. The molecule has 1 aliphatic carbocycles. The Morgan fingerprint density at radius 2 is 1.29 bits per heavy atom. The van der Waals surface area contributed by atoms with Gasteiger partial charge in [-0.2, -0.15) is 0 Å². The highest BCUT2D eigenvalue weighted by Crippen LogP contribution is 2.33. The van der Waals surface area contributed by atoms with E-state index in [1.165, 1.54) is 19.3 Å². The van der Waals surface area contributed by atoms with Crippen molar-refractivity contribution in [3.8, 4) is 0 Å². The molecule has 0 amide bonds. The van der Waals surface area contributed by atoms with Crippen molar-refractivity contribution in [1.82, 2.24) is 0 Å². The van der Waals surface area contributed by atoms with E-state index in [0.717, 1.165) is 24.0 Å². The second-order valence-electron chi connectivity index (χ2n) is 7.35. The molecule has 0 radical (unpaired) electrons. The average molecular weight is 323 g/mol. The fourth-order valence-electron chi connectivity index (χ4n) is 4.13. The molecule has 1 unspecified atom stereocenters. The third-order valence-corrected chi connectivity index (χ3v) is 5.48. The predicted octanol–water partition coefficient (Wildman–Crippen LogP) is 4.11. The predicted molar refractivity (Wildman–Crippen MR) is 99.8 cm³/mol. The molecule has 0 aliphatic heterocycles. The summed E-state index contributed by atoms with van der Waals surface area (Å²) >= 11 is 0. The first-order valence-corrected chi connectivity index (χ1v) is 9.23. The lowest BCUT2D eigenvalue weighted by atomic mass is 9.72. The highest BCUT2D eigenvalue weighted by molar-refractivity contribution is 5.23. The van der Waals surface area contributed by atoms with E-state index >= 15 is 0 Å². The second-order valence-corrected chi connectivity index (χ2v) is 7.35. The summed E-state index contributed by atoms with van der Waals surface area (Å²) < 4.78 is 0. The first kappa shape index (κ1) is 17.2. The number of nitrogens with two attached hydrogens (primary N) is 1. The summed E-state index contributed by atoms with van der Waals surface area (Å²) in [5.74, 6) is 0.427. The van der Waals surface area contributed by atoms with Crippen LogP contribution in [0.1, 0.15) is 43.2 Å². The molecule has 2 nitrogen and oxygen atoms in total. The third kappa shape index (κ3) is 4.25. The van der Waals surface area contributed by atoms with E-state index in [1.807, 2.05) is 36.4 Å². The summed E-state index contributed by atoms with van der Waals surface area (Å²) in [6.45, 7) is 0. The Hall–Kier alpha value is -1.64. The zero-order chi connectivity index (χ0) is 16.8. The van der Waals surface area contributed by atoms with Gasteiger partial charge in [-0.25, -0.2) is 0 Å². The van der Waals surface area contributed by atoms with Gasteiger partial charge in [0.25, 0.3) is 0 Å². The van der Waals surface area contributed by atoms with E-state index in [2.05, 4.69) is 24.3 Å². The summed E-state index contributed by atoms with van der Waals surface area (Å²) in [6, 6.07) is 20.3. The van der Waals surface area contributed by atoms with Crippen molar-refractivity contribution >= 4 is 0 Å². The van der Waals surface area contributed by atoms with Crippen LogP contribution in [0.3, 0.4) is 0 Å². The molecule has 1 atom stereocenters. The van der Waals surface area contributed by atoms with E-state index in [-0.39, 0.29) is 6.04 Å². The Labute approximate surface area is 145 Å². The van der Waals surface area contributed by atoms with E-state index in [4.69, 9.17) is 5.73 Å². The highest BCUT2D eigenvalue weighted by atomic mass is 16.3. The van der Waals surface area contributed by atoms with Gasteiger partial charge in [-0.05, 0) is 29.9 Å². The van der Waals surface area contributed by atoms with Gasteiger partial charge in [0.15, 0.2) is 0 Å². The topological polar surface area (TPSA) is 46.2 Å². The number of hydrogen-bond donors (Lipinski definition) is 2. The molecule has 1 saturated carbocycles. The monoisotopic (exact) mass is 323 g/mol. The summed E-state index contributed by atoms with van der Waals surface area (Å²) in [4.78, 5) is 0. The maximum Gasteiger partial charge on any atom is 0.0880 e. The normalized spacial score (nSPS) is 17.6. The summed E-state index contributed by atoms with van der Waals surface area (Å²) in [5.41, 5.74) is 8.08. The second kappa shape index (κ2) is 7.96. The molecule has 2 heteroatoms. The SMILES string of the molecule is NC(C1CCCCC1)C(O)(Cc1ccccc1)Cc1ccccc1. The van der Waals surface area contributed by atoms with Crippen LogP contribution in [0.25, 0.3) is 0 Å². The summed E-state index contributed by atoms with van der Waals surface area (Å²) in [6.07, 6.45) is 7.30. The molecule has 3 rings (SSSR count). The molecule has 24 heavy (non-hydrogen) atoms. The van der Waals surface area contributed by atoms with Crippen molar-refractivity contribution in [2.45, 2.75) is 56.6 Å². The van der Waals surface area contributed by atoms with E-state index in [1.54, 1.807) is 0 Å². The minimum Gasteiger partial charge on any atom is -0.388 e. The third-order valence-electron chi connectivity index (χ3n) is 5.48. The summed E-state index contributed by atoms with van der Waals surface area (Å²) in [7, 11) is 0. The number of aliphatic hydroxyl groups is 1. The zero-order valence-corrected chi connectivity index (χ0v) is 14.4. The van der Waals surface area contributed by atoms with Crippen LogP contribution in [-0.4, -0.2) is 16.7 Å². The van der Waals surface area contributed by atoms with Crippen molar-refractivity contribution < 1.29 is 5.11 Å². The van der Waals surface area contributed by atoms with Gasteiger partial charge in [-0.15, -0.1) is 0 Å². The van der Waals surface area contributed by atoms with Crippen LogP contribution in [0.5, 0.6) is 0 Å². The van der Waals surface area contributed by atoms with Crippen LogP contribution in [0.2, 0.25) is 0 Å². The lowest BCUT2D eigenvalue weighted by molar-refractivity contribution is -0.0105. The van der Waals surface area contributed by atoms with Gasteiger partial charge in [0.05, 0.1) is 5.60 Å². The maximum absolute atomic E-state index is 11.6. The molecule has 0 aromatic heterocycles. The Bertz CT molecular complexity index is 563. The molecule has 0 spiro atoms. The van der Waals surface area contributed by atoms with Crippen LogP contribution >= 0.6 is 0 Å². The number of hydrogen-bond acceptors (Lipinski definition) is 2. The molecule has 0 saturated heterocycles. The quantitative estimate of drug-likeness (QED) is 0.840. The standard InChI is InChI=1S/C22H29NO/c23-21(20-14-8-3-9-15-20)22(24,16-18-10-4-1-5-11-18)17-19-12-6-2-7-13-19/h1-2,4-7,10-13,20-21,24H,3,8-9,14-17,23H2. The van der Waals surface area contributed by atoms with Gasteiger partial charge in [0, 0.05) is 18.9 Å². The van der Waals surface area contributed by atoms with Crippen molar-refractivity contribution in [3.63, 3.8) is 0 Å². The highest BCUT2D eigenvalue weighted by Gasteiger charge is 2.39. The Morgan fingerprint density at radius 1 is 0.833 bits per heavy atom. The van der Waals surface area contributed by atoms with Crippen LogP contribution in [0.15, 0.2) is 60.7 Å². The smallest absolute Gasteiger partial charge is 0.0880 e. The van der Waals surface area contributed by atoms with E-state index in [0.29, 0.717) is 18.8 Å². The van der Waals surface area contributed by atoms with Gasteiger partial charge in [-0.1, -0.05) is 79.9 Å². The lowest BCUT2D eigenvalue weighted by Gasteiger charge is -2.40. The van der Waals surface area contributed by atoms with Gasteiger partial charge in [0.2, 0.25) is 0 Å². The molecule has 0 bridgehead atoms. The first-order valence-electron chi connectivity index (χ1n) is 9.23. The maximum atomic E-state index is 11.6. The van der Waals surface area contributed by atoms with Crippen LogP contribution < -0.4 is 5.73 Å². The van der Waals surface area contributed by atoms with Crippen molar-refractivity contribution in [2.75, 3.05) is 0 Å². The fourth-order valence-corrected chi connectivity index (χ4v) is 4.13. The van der Waals surface area contributed by atoms with Crippen molar-refractivity contribution in [2.24, 2.45) is 11.7 Å². The molecule has 2 aromatic carbocycles. The van der Waals surface area contributed by atoms with Gasteiger partial charge in [-0.3, -0.25) is 0 Å². The summed E-state index contributed by atoms with van der Waals surface area (Å²) in [5, 5.41) is 11.6. The van der Waals surface area contributed by atoms with Gasteiger partial charge in [0.1, 0.15) is 0 Å². The van der Waals surface area contributed by atoms with Crippen molar-refractivity contribution in [1.29, 1.82) is 0 Å². The number of rotatable bonds is 6. The molecular weight excluding hydrogens is 294 g/mol. The molecule has 0 heterocycles. The average Bonchev–Trinajstić information content (AvgIpc) is 2.63. The van der Waals surface area contributed by atoms with Crippen LogP contribution in [-0.2, 0) is 12.8 Å². The van der Waals surface area contributed by atoms with Gasteiger partial charge >= 0.3 is 0 Å². The van der Waals surface area contributed by atoms with Crippen LogP contribution in [0.4, 0.5) is 0 Å². The van der Waals surface area contributed by atoms with E-state index < -0.39 is 5.60 Å². The molecule has 1 aliphatic rings. The molecular formula is C22H29NO. The molecule has 3 N–H and O–H groups in total. The Kier molecular flexibility index (Phi) is 5.70. The lowest BCUT2D eigenvalue weighted by Crippen LogP contribution is -2.55. The first-order chi connectivity index (χ1) is 11.7. The minimum atomic E-state index is -0.898.